The van der Waals surface area contributed by atoms with Crippen molar-refractivity contribution in [2.24, 2.45) is 0 Å². The maximum atomic E-state index is 13.1. The lowest BCUT2D eigenvalue weighted by Gasteiger charge is -2.13. The van der Waals surface area contributed by atoms with Crippen LogP contribution in [0.4, 0.5) is 24.5 Å². The molecule has 0 saturated heterocycles. The molecule has 2 aromatic carbocycles. The number of amides is 2. The van der Waals surface area contributed by atoms with Crippen LogP contribution in [0, 0.1) is 13.8 Å². The average Bonchev–Trinajstić information content (AvgIpc) is 2.75. The summed E-state index contributed by atoms with van der Waals surface area (Å²) in [6.07, 6.45) is 2.78. The number of alkyl halides is 3. The normalized spacial score (nSPS) is 11.4. The lowest BCUT2D eigenvalue weighted by atomic mass is 10.1. The van der Waals surface area contributed by atoms with Crippen LogP contribution in [-0.4, -0.2) is 21.8 Å². The summed E-state index contributed by atoms with van der Waals surface area (Å²) in [6.45, 7) is 3.10. The number of benzene rings is 2. The molecule has 0 atom stereocenters. The Labute approximate surface area is 182 Å². The second-order valence-electron chi connectivity index (χ2n) is 7.01. The van der Waals surface area contributed by atoms with Crippen molar-refractivity contribution < 1.29 is 22.8 Å². The van der Waals surface area contributed by atoms with E-state index in [2.05, 4.69) is 20.6 Å². The van der Waals surface area contributed by atoms with E-state index in [4.69, 9.17) is 0 Å². The number of hydrogen-bond acceptors (Lipinski definition) is 4. The number of hydrogen-bond donors (Lipinski definition) is 2. The molecule has 0 saturated carbocycles. The molecule has 0 radical (unpaired) electrons. The van der Waals surface area contributed by atoms with Gasteiger partial charge in [-0.05, 0) is 55.3 Å². The summed E-state index contributed by atoms with van der Waals surface area (Å²) < 4.78 is 39.3. The van der Waals surface area contributed by atoms with Crippen LogP contribution in [-0.2, 0) is 11.0 Å². The molecule has 6 nitrogen and oxygen atoms in total. The molecular weight excluding hydrogens is 421 g/mol. The molecule has 2 N–H and O–H groups in total. The van der Waals surface area contributed by atoms with Gasteiger partial charge in [-0.15, -0.1) is 0 Å². The van der Waals surface area contributed by atoms with E-state index in [0.29, 0.717) is 16.8 Å². The molecule has 0 fully saturated rings. The van der Waals surface area contributed by atoms with Crippen LogP contribution in [0.5, 0.6) is 0 Å². The smallest absolute Gasteiger partial charge is 0.322 e. The molecule has 3 rings (SSSR count). The number of halogens is 3. The van der Waals surface area contributed by atoms with Crippen LogP contribution in [0.2, 0.25) is 0 Å². The van der Waals surface area contributed by atoms with E-state index in [9.17, 15) is 22.8 Å². The minimum atomic E-state index is -4.52. The quantitative estimate of drug-likeness (QED) is 0.546. The maximum Gasteiger partial charge on any atom is 0.416 e. The van der Waals surface area contributed by atoms with Crippen molar-refractivity contribution in [2.45, 2.75) is 20.0 Å². The Hall–Kier alpha value is -4.01. The van der Waals surface area contributed by atoms with Crippen LogP contribution < -0.4 is 10.6 Å². The Bertz CT molecular complexity index is 1180. The molecule has 0 aliphatic carbocycles. The minimum Gasteiger partial charge on any atom is -0.322 e. The number of carbonyl (C=O) groups is 2. The highest BCUT2D eigenvalue weighted by Crippen LogP contribution is 2.33. The second kappa shape index (κ2) is 9.42. The fourth-order valence-corrected chi connectivity index (χ4v) is 2.85. The first-order valence-electron chi connectivity index (χ1n) is 9.47. The maximum absolute atomic E-state index is 13.1. The first-order chi connectivity index (χ1) is 15.1. The summed E-state index contributed by atoms with van der Waals surface area (Å²) in [7, 11) is 0. The fourth-order valence-electron chi connectivity index (χ4n) is 2.85. The van der Waals surface area contributed by atoms with Crippen LogP contribution >= 0.6 is 0 Å². The Morgan fingerprint density at radius 2 is 1.62 bits per heavy atom. The highest BCUT2D eigenvalue weighted by molar-refractivity contribution is 6.07. The molecule has 0 bridgehead atoms. The van der Waals surface area contributed by atoms with Gasteiger partial charge in [0.1, 0.15) is 6.33 Å². The molecule has 2 amide bonds. The van der Waals surface area contributed by atoms with Gasteiger partial charge in [0, 0.05) is 41.0 Å². The molecule has 3 aromatic rings. The predicted molar refractivity (Wildman–Crippen MR) is 115 cm³/mol. The Morgan fingerprint density at radius 1 is 0.938 bits per heavy atom. The molecular formula is C23H19F3N4O2. The summed E-state index contributed by atoms with van der Waals surface area (Å²) in [6, 6.07) is 8.20. The van der Waals surface area contributed by atoms with Gasteiger partial charge in [-0.3, -0.25) is 9.59 Å². The van der Waals surface area contributed by atoms with Gasteiger partial charge in [0.2, 0.25) is 5.91 Å². The number of anilines is 2. The van der Waals surface area contributed by atoms with Crippen molar-refractivity contribution in [2.75, 3.05) is 10.6 Å². The minimum absolute atomic E-state index is 0.0205. The summed E-state index contributed by atoms with van der Waals surface area (Å²) in [5.74, 6) is -1.03. The van der Waals surface area contributed by atoms with Crippen molar-refractivity contribution in [1.29, 1.82) is 0 Å². The van der Waals surface area contributed by atoms with Gasteiger partial charge >= 0.3 is 6.18 Å². The summed E-state index contributed by atoms with van der Waals surface area (Å²) in [4.78, 5) is 32.5. The number of carbonyl (C=O) groups excluding carboxylic acids is 2. The zero-order chi connectivity index (χ0) is 23.3. The van der Waals surface area contributed by atoms with E-state index in [-0.39, 0.29) is 16.8 Å². The third-order valence-corrected chi connectivity index (χ3v) is 4.57. The first kappa shape index (κ1) is 22.7. The van der Waals surface area contributed by atoms with E-state index < -0.39 is 23.6 Å². The van der Waals surface area contributed by atoms with E-state index in [1.807, 2.05) is 0 Å². The Morgan fingerprint density at radius 3 is 2.31 bits per heavy atom. The zero-order valence-electron chi connectivity index (χ0n) is 17.2. The number of aryl methyl sites for hydroxylation is 2. The van der Waals surface area contributed by atoms with Gasteiger partial charge in [-0.25, -0.2) is 9.97 Å². The lowest BCUT2D eigenvalue weighted by molar-refractivity contribution is -0.138. The van der Waals surface area contributed by atoms with E-state index in [1.54, 1.807) is 25.4 Å². The summed E-state index contributed by atoms with van der Waals surface area (Å²) in [5.41, 5.74) is 1.20. The molecule has 1 aromatic heterocycles. The van der Waals surface area contributed by atoms with Gasteiger partial charge in [-0.1, -0.05) is 12.1 Å². The fraction of sp³-hybridized carbons (Fsp3) is 0.130. The van der Waals surface area contributed by atoms with Crippen molar-refractivity contribution in [3.05, 3.63) is 89.0 Å². The second-order valence-corrected chi connectivity index (χ2v) is 7.01. The average molecular weight is 440 g/mol. The number of nitrogens with one attached hydrogen (secondary N) is 2. The molecule has 0 aliphatic rings. The zero-order valence-corrected chi connectivity index (χ0v) is 17.2. The largest absolute Gasteiger partial charge is 0.416 e. The summed E-state index contributed by atoms with van der Waals surface area (Å²) in [5, 5.41) is 5.15. The van der Waals surface area contributed by atoms with Crippen molar-refractivity contribution in [3.63, 3.8) is 0 Å². The highest BCUT2D eigenvalue weighted by atomic mass is 19.4. The van der Waals surface area contributed by atoms with Crippen molar-refractivity contribution in [1.82, 2.24) is 9.97 Å². The van der Waals surface area contributed by atoms with E-state index >= 15 is 0 Å². The third kappa shape index (κ3) is 5.78. The molecule has 0 spiro atoms. The van der Waals surface area contributed by atoms with Crippen molar-refractivity contribution >= 4 is 29.3 Å². The molecule has 0 unspecified atom stereocenters. The predicted octanol–water partition coefficient (Wildman–Crippen LogP) is 5.02. The third-order valence-electron chi connectivity index (χ3n) is 4.57. The lowest BCUT2D eigenvalue weighted by Crippen LogP contribution is -2.15. The van der Waals surface area contributed by atoms with Gasteiger partial charge < -0.3 is 10.6 Å². The number of rotatable bonds is 5. The van der Waals surface area contributed by atoms with Crippen LogP contribution in [0.3, 0.4) is 0 Å². The Balaban J connectivity index is 1.74. The van der Waals surface area contributed by atoms with Crippen LogP contribution in [0.1, 0.15) is 32.6 Å². The summed E-state index contributed by atoms with van der Waals surface area (Å²) >= 11 is 0. The number of nitrogens with zero attached hydrogens (tertiary/aromatic N) is 2. The molecule has 164 valence electrons. The molecule has 1 heterocycles. The van der Waals surface area contributed by atoms with Gasteiger partial charge in [-0.2, -0.15) is 13.2 Å². The topological polar surface area (TPSA) is 84.0 Å². The monoisotopic (exact) mass is 440 g/mol. The van der Waals surface area contributed by atoms with E-state index in [0.717, 1.165) is 6.07 Å². The van der Waals surface area contributed by atoms with E-state index in [1.165, 1.54) is 49.7 Å². The van der Waals surface area contributed by atoms with Crippen LogP contribution in [0.25, 0.3) is 6.08 Å². The molecule has 9 heteroatoms. The first-order valence-corrected chi connectivity index (χ1v) is 9.47. The van der Waals surface area contributed by atoms with Crippen molar-refractivity contribution in [3.8, 4) is 0 Å². The molecule has 0 aliphatic heterocycles. The molecule has 32 heavy (non-hydrogen) atoms. The van der Waals surface area contributed by atoms with Gasteiger partial charge in [0.25, 0.3) is 5.91 Å². The standard InChI is InChI=1S/C23H19F3N4O2/c1-14-4-7-18(10-19(14)23(24,25)26)29-22(32)17-6-3-15(2)20(9-17)30-21(31)8-5-16-11-27-13-28-12-16/h3-13H,1-2H3,(H,29,32)(H,30,31). The van der Waals surface area contributed by atoms with Gasteiger partial charge in [0.15, 0.2) is 0 Å². The number of aromatic nitrogens is 2. The Kier molecular flexibility index (Phi) is 6.67. The highest BCUT2D eigenvalue weighted by Gasteiger charge is 2.32. The van der Waals surface area contributed by atoms with Crippen LogP contribution in [0.15, 0.2) is 61.2 Å². The van der Waals surface area contributed by atoms with Gasteiger partial charge in [0.05, 0.1) is 5.56 Å². The SMILES string of the molecule is Cc1ccc(C(=O)Nc2ccc(C)c(C(F)(F)F)c2)cc1NC(=O)C=Cc1cncnc1.